The summed E-state index contributed by atoms with van der Waals surface area (Å²) in [5.74, 6) is 0.608. The number of fused-ring (bicyclic) bond motifs is 1. The number of rotatable bonds is 7. The first-order valence-electron chi connectivity index (χ1n) is 10.0. The Morgan fingerprint density at radius 2 is 1.97 bits per heavy atom. The number of sulfone groups is 1. The third-order valence-electron chi connectivity index (χ3n) is 5.33. The average Bonchev–Trinajstić information content (AvgIpc) is 2.76. The monoisotopic (exact) mass is 434 g/mol. The summed E-state index contributed by atoms with van der Waals surface area (Å²) in [5.41, 5.74) is 3.67. The van der Waals surface area contributed by atoms with Crippen molar-refractivity contribution < 1.29 is 13.2 Å². The SMILES string of the molecule is CCc1cc2ccc(C(C)(C#N)Cc3cccc(C=CS(C)(=O)=O)c3)cc2nc1OC. The zero-order valence-electron chi connectivity index (χ0n) is 18.2. The molecule has 1 unspecified atom stereocenters. The molecule has 0 spiro atoms. The van der Waals surface area contributed by atoms with E-state index in [4.69, 9.17) is 4.74 Å². The molecule has 160 valence electrons. The predicted octanol–water partition coefficient (Wildman–Crippen LogP) is 4.85. The molecular weight excluding hydrogens is 408 g/mol. The van der Waals surface area contributed by atoms with Gasteiger partial charge >= 0.3 is 0 Å². The minimum Gasteiger partial charge on any atom is -0.481 e. The Bertz CT molecular complexity index is 1290. The van der Waals surface area contributed by atoms with Crippen LogP contribution in [-0.2, 0) is 28.1 Å². The smallest absolute Gasteiger partial charge is 0.216 e. The average molecular weight is 435 g/mol. The van der Waals surface area contributed by atoms with Gasteiger partial charge in [-0.1, -0.05) is 43.3 Å². The molecule has 0 saturated heterocycles. The normalized spacial score (nSPS) is 13.8. The standard InChI is InChI=1S/C25H26N2O3S/c1-5-20-14-21-9-10-22(15-23(21)27-24(20)30-3)25(2,17-26)16-19-8-6-7-18(13-19)11-12-31(4,28)29/h6-15H,5,16H2,1-4H3. The molecule has 0 radical (unpaired) electrons. The number of aryl methyl sites for hydroxylation is 1. The van der Waals surface area contributed by atoms with Crippen molar-refractivity contribution in [2.24, 2.45) is 0 Å². The van der Waals surface area contributed by atoms with E-state index in [1.165, 1.54) is 5.41 Å². The lowest BCUT2D eigenvalue weighted by atomic mass is 9.78. The van der Waals surface area contributed by atoms with Crippen LogP contribution in [-0.4, -0.2) is 26.8 Å². The highest BCUT2D eigenvalue weighted by atomic mass is 32.2. The fourth-order valence-corrected chi connectivity index (χ4v) is 3.99. The number of nitriles is 1. The molecule has 0 amide bonds. The Morgan fingerprint density at radius 3 is 2.61 bits per heavy atom. The van der Waals surface area contributed by atoms with Crippen LogP contribution in [0.15, 0.2) is 53.9 Å². The highest BCUT2D eigenvalue weighted by molar-refractivity contribution is 7.93. The molecule has 31 heavy (non-hydrogen) atoms. The maximum absolute atomic E-state index is 11.4. The summed E-state index contributed by atoms with van der Waals surface area (Å²) >= 11 is 0. The van der Waals surface area contributed by atoms with Crippen LogP contribution in [0.1, 0.15) is 36.1 Å². The molecule has 3 rings (SSSR count). The van der Waals surface area contributed by atoms with Crippen molar-refractivity contribution in [3.63, 3.8) is 0 Å². The van der Waals surface area contributed by atoms with Gasteiger partial charge in [-0.2, -0.15) is 5.26 Å². The van der Waals surface area contributed by atoms with E-state index in [-0.39, 0.29) is 0 Å². The maximum Gasteiger partial charge on any atom is 0.216 e. The summed E-state index contributed by atoms with van der Waals surface area (Å²) in [6.45, 7) is 3.97. The summed E-state index contributed by atoms with van der Waals surface area (Å²) in [4.78, 5) is 4.64. The summed E-state index contributed by atoms with van der Waals surface area (Å²) in [5, 5.41) is 12.2. The van der Waals surface area contributed by atoms with Crippen molar-refractivity contribution in [2.75, 3.05) is 13.4 Å². The first kappa shape index (κ1) is 22.5. The molecule has 2 aromatic carbocycles. The van der Waals surface area contributed by atoms with Gasteiger partial charge in [0.2, 0.25) is 5.88 Å². The predicted molar refractivity (Wildman–Crippen MR) is 125 cm³/mol. The number of ether oxygens (including phenoxy) is 1. The summed E-state index contributed by atoms with van der Waals surface area (Å²) in [6.07, 6.45) is 4.04. The Morgan fingerprint density at radius 1 is 1.19 bits per heavy atom. The van der Waals surface area contributed by atoms with Crippen LogP contribution in [0, 0.1) is 11.3 Å². The van der Waals surface area contributed by atoms with E-state index in [1.807, 2.05) is 49.4 Å². The highest BCUT2D eigenvalue weighted by Gasteiger charge is 2.27. The third kappa shape index (κ3) is 5.31. The van der Waals surface area contributed by atoms with Crippen molar-refractivity contribution >= 4 is 26.8 Å². The van der Waals surface area contributed by atoms with Gasteiger partial charge in [-0.05, 0) is 54.7 Å². The topological polar surface area (TPSA) is 80.0 Å². The zero-order chi connectivity index (χ0) is 22.6. The molecule has 0 N–H and O–H groups in total. The fraction of sp³-hybridized carbons (Fsp3) is 0.280. The number of nitrogens with zero attached hydrogens (tertiary/aromatic N) is 2. The molecule has 0 aliphatic rings. The lowest BCUT2D eigenvalue weighted by molar-refractivity contribution is 0.395. The highest BCUT2D eigenvalue weighted by Crippen LogP contribution is 2.31. The molecule has 1 atom stereocenters. The Labute approximate surface area is 183 Å². The van der Waals surface area contributed by atoms with Gasteiger partial charge in [-0.25, -0.2) is 13.4 Å². The van der Waals surface area contributed by atoms with Gasteiger partial charge in [0.25, 0.3) is 0 Å². The minimum absolute atomic E-state index is 0.486. The number of benzene rings is 2. The van der Waals surface area contributed by atoms with Crippen LogP contribution in [0.5, 0.6) is 5.88 Å². The fourth-order valence-electron chi connectivity index (χ4n) is 3.59. The molecule has 0 aliphatic heterocycles. The first-order valence-corrected chi connectivity index (χ1v) is 12.0. The molecule has 1 aromatic heterocycles. The van der Waals surface area contributed by atoms with Crippen molar-refractivity contribution in [1.82, 2.24) is 4.98 Å². The van der Waals surface area contributed by atoms with E-state index >= 15 is 0 Å². The number of methoxy groups -OCH3 is 1. The number of aromatic nitrogens is 1. The van der Waals surface area contributed by atoms with Crippen molar-refractivity contribution in [3.05, 3.63) is 76.2 Å². The van der Waals surface area contributed by atoms with Crippen LogP contribution in [0.2, 0.25) is 0 Å². The molecule has 0 aliphatic carbocycles. The molecule has 0 fully saturated rings. The quantitative estimate of drug-likeness (QED) is 0.531. The second-order valence-electron chi connectivity index (χ2n) is 7.92. The molecule has 0 bridgehead atoms. The second kappa shape index (κ2) is 8.91. The van der Waals surface area contributed by atoms with Crippen LogP contribution < -0.4 is 4.74 Å². The van der Waals surface area contributed by atoms with Crippen molar-refractivity contribution in [2.45, 2.75) is 32.1 Å². The van der Waals surface area contributed by atoms with Crippen molar-refractivity contribution in [3.8, 4) is 11.9 Å². The zero-order valence-corrected chi connectivity index (χ0v) is 19.0. The second-order valence-corrected chi connectivity index (χ2v) is 9.85. The molecule has 1 heterocycles. The lowest BCUT2D eigenvalue weighted by Gasteiger charge is -2.23. The first-order chi connectivity index (χ1) is 14.7. The number of hydrogen-bond donors (Lipinski definition) is 0. The molecular formula is C25H26N2O3S. The lowest BCUT2D eigenvalue weighted by Crippen LogP contribution is -2.23. The largest absolute Gasteiger partial charge is 0.481 e. The minimum atomic E-state index is -3.20. The van der Waals surface area contributed by atoms with Gasteiger partial charge in [0.05, 0.1) is 24.1 Å². The van der Waals surface area contributed by atoms with E-state index in [2.05, 4.69) is 24.0 Å². The summed E-state index contributed by atoms with van der Waals surface area (Å²) in [6, 6.07) is 18.0. The van der Waals surface area contributed by atoms with E-state index < -0.39 is 15.3 Å². The van der Waals surface area contributed by atoms with Gasteiger partial charge in [-0.15, -0.1) is 0 Å². The number of hydrogen-bond acceptors (Lipinski definition) is 5. The molecule has 3 aromatic rings. The summed E-state index contributed by atoms with van der Waals surface area (Å²) < 4.78 is 28.2. The van der Waals surface area contributed by atoms with Gasteiger partial charge in [0, 0.05) is 22.6 Å². The Hall–Kier alpha value is -3.17. The van der Waals surface area contributed by atoms with Crippen LogP contribution in [0.4, 0.5) is 0 Å². The van der Waals surface area contributed by atoms with E-state index in [9.17, 15) is 13.7 Å². The molecule has 0 saturated carbocycles. The van der Waals surface area contributed by atoms with E-state index in [1.54, 1.807) is 13.2 Å². The van der Waals surface area contributed by atoms with Gasteiger partial charge < -0.3 is 4.74 Å². The molecule has 5 nitrogen and oxygen atoms in total. The van der Waals surface area contributed by atoms with E-state index in [0.717, 1.165) is 45.8 Å². The van der Waals surface area contributed by atoms with Crippen LogP contribution in [0.3, 0.4) is 0 Å². The summed E-state index contributed by atoms with van der Waals surface area (Å²) in [7, 11) is -1.59. The van der Waals surface area contributed by atoms with Crippen molar-refractivity contribution in [1.29, 1.82) is 5.26 Å². The Balaban J connectivity index is 1.98. The van der Waals surface area contributed by atoms with Gasteiger partial charge in [0.15, 0.2) is 9.84 Å². The maximum atomic E-state index is 11.4. The van der Waals surface area contributed by atoms with Gasteiger partial charge in [-0.3, -0.25) is 0 Å². The number of pyridine rings is 1. The van der Waals surface area contributed by atoms with E-state index in [0.29, 0.717) is 12.3 Å². The molecule has 6 heteroatoms. The van der Waals surface area contributed by atoms with Crippen LogP contribution >= 0.6 is 0 Å². The van der Waals surface area contributed by atoms with Gasteiger partial charge in [0.1, 0.15) is 0 Å². The Kier molecular flexibility index (Phi) is 6.47. The third-order valence-corrected chi connectivity index (χ3v) is 5.96. The van der Waals surface area contributed by atoms with Crippen LogP contribution in [0.25, 0.3) is 17.0 Å².